The number of carbonyl (C=O) groups is 3. The lowest BCUT2D eigenvalue weighted by molar-refractivity contribution is -0.164. The normalized spacial score (nSPS) is 17.3. The van der Waals surface area contributed by atoms with Gasteiger partial charge in [-0.15, -0.1) is 22.7 Å². The lowest BCUT2D eigenvalue weighted by atomic mass is 9.84. The van der Waals surface area contributed by atoms with Crippen LogP contribution in [-0.2, 0) is 27.3 Å². The minimum atomic E-state index is -0.934. The SMILES string of the molecule is CC1(C(=O)N(CCCC(=O)O)Cc2ccc3scnc3c2)CCN1C(=O)Cc1csc2ccccc12. The van der Waals surface area contributed by atoms with Gasteiger partial charge in [-0.3, -0.25) is 14.4 Å². The zero-order chi connectivity index (χ0) is 25.3. The maximum absolute atomic E-state index is 13.8. The van der Waals surface area contributed by atoms with Crippen molar-refractivity contribution in [2.45, 2.75) is 44.7 Å². The summed E-state index contributed by atoms with van der Waals surface area (Å²) >= 11 is 3.18. The molecule has 5 rings (SSSR count). The highest BCUT2D eigenvalue weighted by Crippen LogP contribution is 2.35. The molecule has 1 saturated heterocycles. The lowest BCUT2D eigenvalue weighted by Gasteiger charge is -2.51. The summed E-state index contributed by atoms with van der Waals surface area (Å²) in [4.78, 5) is 46.1. The Morgan fingerprint density at radius 1 is 1.14 bits per heavy atom. The highest BCUT2D eigenvalue weighted by atomic mass is 32.1. The molecule has 186 valence electrons. The van der Waals surface area contributed by atoms with Crippen LogP contribution in [0.15, 0.2) is 53.4 Å². The molecule has 1 aliphatic rings. The number of aromatic nitrogens is 1. The second-order valence-corrected chi connectivity index (χ2v) is 11.2. The summed E-state index contributed by atoms with van der Waals surface area (Å²) in [5.41, 5.74) is 3.65. The van der Waals surface area contributed by atoms with Crippen molar-refractivity contribution in [3.05, 3.63) is 64.5 Å². The second kappa shape index (κ2) is 9.99. The molecule has 1 fully saturated rings. The van der Waals surface area contributed by atoms with E-state index in [1.165, 1.54) is 0 Å². The Morgan fingerprint density at radius 3 is 2.75 bits per heavy atom. The Bertz CT molecular complexity index is 1450. The van der Waals surface area contributed by atoms with Crippen LogP contribution in [0.3, 0.4) is 0 Å². The van der Waals surface area contributed by atoms with E-state index in [9.17, 15) is 14.4 Å². The fourth-order valence-electron chi connectivity index (χ4n) is 4.85. The van der Waals surface area contributed by atoms with E-state index in [0.29, 0.717) is 32.5 Å². The van der Waals surface area contributed by atoms with E-state index in [2.05, 4.69) is 4.98 Å². The molecule has 1 aliphatic heterocycles. The molecular formula is C27H27N3O4S2. The third-order valence-corrected chi connectivity index (χ3v) is 8.78. The molecular weight excluding hydrogens is 494 g/mol. The highest BCUT2D eigenvalue weighted by Gasteiger charge is 2.50. The number of aliphatic carboxylic acids is 1. The number of benzene rings is 2. The predicted molar refractivity (Wildman–Crippen MR) is 142 cm³/mol. The van der Waals surface area contributed by atoms with Gasteiger partial charge in [-0.1, -0.05) is 24.3 Å². The number of carbonyl (C=O) groups excluding carboxylic acids is 2. The van der Waals surface area contributed by atoms with Crippen molar-refractivity contribution in [3.63, 3.8) is 0 Å². The van der Waals surface area contributed by atoms with Crippen molar-refractivity contribution in [3.8, 4) is 0 Å². The third kappa shape index (κ3) is 4.73. The summed E-state index contributed by atoms with van der Waals surface area (Å²) in [5, 5.41) is 12.2. The summed E-state index contributed by atoms with van der Waals surface area (Å²) in [5.74, 6) is -1.09. The van der Waals surface area contributed by atoms with Crippen LogP contribution in [-0.4, -0.2) is 56.3 Å². The van der Waals surface area contributed by atoms with Crippen molar-refractivity contribution < 1.29 is 19.5 Å². The number of hydrogen-bond acceptors (Lipinski definition) is 6. The van der Waals surface area contributed by atoms with Gasteiger partial charge in [0, 0.05) is 30.8 Å². The molecule has 0 aliphatic carbocycles. The van der Waals surface area contributed by atoms with Crippen molar-refractivity contribution in [1.82, 2.24) is 14.8 Å². The Labute approximate surface area is 217 Å². The highest BCUT2D eigenvalue weighted by molar-refractivity contribution is 7.17. The van der Waals surface area contributed by atoms with E-state index in [4.69, 9.17) is 5.11 Å². The second-order valence-electron chi connectivity index (χ2n) is 9.38. The van der Waals surface area contributed by atoms with E-state index in [1.54, 1.807) is 38.0 Å². The minimum Gasteiger partial charge on any atom is -0.481 e. The first kappa shape index (κ1) is 24.4. The fourth-order valence-corrected chi connectivity index (χ4v) is 6.47. The summed E-state index contributed by atoms with van der Waals surface area (Å²) in [6.45, 7) is 3.03. The number of nitrogens with zero attached hydrogens (tertiary/aromatic N) is 3. The number of carboxylic acids is 1. The summed E-state index contributed by atoms with van der Waals surface area (Å²) in [6.07, 6.45) is 1.18. The standard InChI is InChI=1S/C27H27N3O4S2/c1-27(10-12-30(27)24(31)14-19-16-35-22-6-3-2-5-20(19)22)26(34)29(11-4-7-25(32)33)15-18-8-9-23-21(13-18)28-17-36-23/h2-3,5-6,8-9,13,16-17H,4,7,10-12,14-15H2,1H3,(H,32,33). The molecule has 3 heterocycles. The molecule has 2 amide bonds. The van der Waals surface area contributed by atoms with Crippen molar-refractivity contribution in [2.75, 3.05) is 13.1 Å². The zero-order valence-electron chi connectivity index (χ0n) is 20.0. The number of amides is 2. The number of thiophene rings is 1. The van der Waals surface area contributed by atoms with Crippen molar-refractivity contribution in [2.24, 2.45) is 0 Å². The van der Waals surface area contributed by atoms with Gasteiger partial charge in [0.2, 0.25) is 11.8 Å². The van der Waals surface area contributed by atoms with Crippen LogP contribution >= 0.6 is 22.7 Å². The third-order valence-electron chi connectivity index (χ3n) is 6.96. The topological polar surface area (TPSA) is 90.8 Å². The van der Waals surface area contributed by atoms with E-state index in [1.807, 2.05) is 54.8 Å². The molecule has 2 aromatic carbocycles. The molecule has 0 saturated carbocycles. The van der Waals surface area contributed by atoms with Gasteiger partial charge in [0.1, 0.15) is 5.54 Å². The molecule has 7 nitrogen and oxygen atoms in total. The Kier molecular flexibility index (Phi) is 6.77. The predicted octanol–water partition coefficient (Wildman–Crippen LogP) is 4.94. The van der Waals surface area contributed by atoms with Gasteiger partial charge in [-0.2, -0.15) is 0 Å². The number of likely N-dealkylation sites (tertiary alicyclic amines) is 1. The average molecular weight is 522 g/mol. The van der Waals surface area contributed by atoms with Crippen LogP contribution in [0, 0.1) is 0 Å². The van der Waals surface area contributed by atoms with Crippen molar-refractivity contribution in [1.29, 1.82) is 0 Å². The zero-order valence-corrected chi connectivity index (χ0v) is 21.6. The molecule has 0 radical (unpaired) electrons. The van der Waals surface area contributed by atoms with Crippen LogP contribution in [0.2, 0.25) is 0 Å². The Hall–Kier alpha value is -3.30. The molecule has 0 bridgehead atoms. The van der Waals surface area contributed by atoms with E-state index in [-0.39, 0.29) is 24.7 Å². The van der Waals surface area contributed by atoms with Crippen LogP contribution in [0.25, 0.3) is 20.3 Å². The maximum Gasteiger partial charge on any atom is 0.303 e. The average Bonchev–Trinajstić information content (AvgIpc) is 3.48. The van der Waals surface area contributed by atoms with Gasteiger partial charge >= 0.3 is 5.97 Å². The largest absolute Gasteiger partial charge is 0.481 e. The van der Waals surface area contributed by atoms with Gasteiger partial charge in [-0.05, 0) is 59.9 Å². The Balaban J connectivity index is 1.34. The van der Waals surface area contributed by atoms with Gasteiger partial charge < -0.3 is 14.9 Å². The van der Waals surface area contributed by atoms with Crippen molar-refractivity contribution >= 4 is 60.8 Å². The molecule has 1 unspecified atom stereocenters. The van der Waals surface area contributed by atoms with Gasteiger partial charge in [0.15, 0.2) is 0 Å². The fraction of sp³-hybridized carbons (Fsp3) is 0.333. The maximum atomic E-state index is 13.8. The monoisotopic (exact) mass is 521 g/mol. The molecule has 36 heavy (non-hydrogen) atoms. The first-order valence-corrected chi connectivity index (χ1v) is 13.7. The van der Waals surface area contributed by atoms with E-state index >= 15 is 0 Å². The first-order chi connectivity index (χ1) is 17.3. The van der Waals surface area contributed by atoms with Crippen LogP contribution in [0.1, 0.15) is 37.3 Å². The van der Waals surface area contributed by atoms with Crippen LogP contribution in [0.4, 0.5) is 0 Å². The molecule has 4 aromatic rings. The number of thiazole rings is 1. The van der Waals surface area contributed by atoms with E-state index in [0.717, 1.165) is 31.4 Å². The number of rotatable bonds is 9. The lowest BCUT2D eigenvalue weighted by Crippen LogP contribution is -2.68. The smallest absolute Gasteiger partial charge is 0.303 e. The van der Waals surface area contributed by atoms with Gasteiger partial charge in [-0.25, -0.2) is 4.98 Å². The van der Waals surface area contributed by atoms with E-state index < -0.39 is 11.5 Å². The van der Waals surface area contributed by atoms with Gasteiger partial charge in [0.05, 0.1) is 22.1 Å². The van der Waals surface area contributed by atoms with Crippen LogP contribution < -0.4 is 0 Å². The molecule has 0 spiro atoms. The minimum absolute atomic E-state index is 0.0144. The number of carboxylic acid groups (broad SMARTS) is 1. The Morgan fingerprint density at radius 2 is 1.97 bits per heavy atom. The molecule has 2 aromatic heterocycles. The number of fused-ring (bicyclic) bond motifs is 2. The quantitative estimate of drug-likeness (QED) is 0.337. The summed E-state index contributed by atoms with van der Waals surface area (Å²) in [7, 11) is 0. The molecule has 1 N–H and O–H groups in total. The van der Waals surface area contributed by atoms with Crippen LogP contribution in [0.5, 0.6) is 0 Å². The first-order valence-electron chi connectivity index (χ1n) is 11.9. The van der Waals surface area contributed by atoms with Gasteiger partial charge in [0.25, 0.3) is 0 Å². The summed E-state index contributed by atoms with van der Waals surface area (Å²) in [6, 6.07) is 14.0. The molecule has 9 heteroatoms. The number of hydrogen-bond donors (Lipinski definition) is 1. The summed E-state index contributed by atoms with van der Waals surface area (Å²) < 4.78 is 2.22. The molecule has 1 atom stereocenters.